The van der Waals surface area contributed by atoms with Gasteiger partial charge in [0.1, 0.15) is 11.4 Å². The predicted molar refractivity (Wildman–Crippen MR) is 67.8 cm³/mol. The molecule has 1 saturated carbocycles. The van der Waals surface area contributed by atoms with Crippen molar-refractivity contribution in [3.63, 3.8) is 0 Å². The molecular weight excluding hydrogens is 231 g/mol. The van der Waals surface area contributed by atoms with E-state index in [1.807, 2.05) is 19.9 Å². The lowest BCUT2D eigenvalue weighted by molar-refractivity contribution is -0.0141. The fourth-order valence-corrected chi connectivity index (χ4v) is 2.38. The summed E-state index contributed by atoms with van der Waals surface area (Å²) in [7, 11) is 0. The third kappa shape index (κ3) is 2.62. The van der Waals surface area contributed by atoms with Gasteiger partial charge in [0.15, 0.2) is 0 Å². The van der Waals surface area contributed by atoms with E-state index < -0.39 is 5.54 Å². The number of ether oxygens (including phenoxy) is 1. The summed E-state index contributed by atoms with van der Waals surface area (Å²) >= 11 is 0. The van der Waals surface area contributed by atoms with Gasteiger partial charge in [-0.2, -0.15) is 5.26 Å². The van der Waals surface area contributed by atoms with Crippen LogP contribution in [0.15, 0.2) is 18.2 Å². The van der Waals surface area contributed by atoms with Gasteiger partial charge < -0.3 is 10.1 Å². The van der Waals surface area contributed by atoms with E-state index in [4.69, 9.17) is 4.74 Å². The van der Waals surface area contributed by atoms with Crippen LogP contribution < -0.4 is 5.32 Å². The summed E-state index contributed by atoms with van der Waals surface area (Å²) in [6.07, 6.45) is 1.43. The number of nitriles is 1. The second-order valence-electron chi connectivity index (χ2n) is 4.82. The molecule has 18 heavy (non-hydrogen) atoms. The van der Waals surface area contributed by atoms with Crippen LogP contribution in [-0.2, 0) is 4.74 Å². The largest absolute Gasteiger partial charge is 0.378 e. The average molecular weight is 248 g/mol. The predicted octanol–water partition coefficient (Wildman–Crippen LogP) is 3.01. The molecule has 1 aliphatic carbocycles. The molecule has 0 heterocycles. The van der Waals surface area contributed by atoms with Gasteiger partial charge in [-0.3, -0.25) is 0 Å². The van der Waals surface area contributed by atoms with Gasteiger partial charge in [0.2, 0.25) is 0 Å². The maximum atomic E-state index is 13.3. The van der Waals surface area contributed by atoms with Crippen LogP contribution in [0.1, 0.15) is 25.3 Å². The molecule has 0 radical (unpaired) electrons. The van der Waals surface area contributed by atoms with Crippen LogP contribution in [0.3, 0.4) is 0 Å². The summed E-state index contributed by atoms with van der Waals surface area (Å²) < 4.78 is 18.7. The molecule has 1 fully saturated rings. The highest BCUT2D eigenvalue weighted by atomic mass is 19.1. The molecule has 0 atom stereocenters. The highest BCUT2D eigenvalue weighted by molar-refractivity contribution is 5.51. The van der Waals surface area contributed by atoms with Crippen LogP contribution in [0.2, 0.25) is 0 Å². The molecule has 0 spiro atoms. The maximum Gasteiger partial charge on any atom is 0.130 e. The Labute approximate surface area is 107 Å². The van der Waals surface area contributed by atoms with Gasteiger partial charge in [-0.25, -0.2) is 4.39 Å². The van der Waals surface area contributed by atoms with Crippen LogP contribution in [0, 0.1) is 24.1 Å². The Balaban J connectivity index is 2.06. The first-order chi connectivity index (χ1) is 8.57. The number of rotatable bonds is 4. The first-order valence-corrected chi connectivity index (χ1v) is 6.15. The van der Waals surface area contributed by atoms with Crippen LogP contribution >= 0.6 is 0 Å². The van der Waals surface area contributed by atoms with Gasteiger partial charge in [-0.1, -0.05) is 0 Å². The minimum Gasteiger partial charge on any atom is -0.378 e. The summed E-state index contributed by atoms with van der Waals surface area (Å²) in [6.45, 7) is 4.43. The van der Waals surface area contributed by atoms with E-state index >= 15 is 0 Å². The Kier molecular flexibility index (Phi) is 3.53. The molecule has 0 amide bonds. The number of hydrogen-bond acceptors (Lipinski definition) is 3. The fraction of sp³-hybridized carbons (Fsp3) is 0.500. The zero-order chi connectivity index (χ0) is 13.2. The Bertz CT molecular complexity index is 455. The number of anilines is 1. The van der Waals surface area contributed by atoms with Crippen molar-refractivity contribution in [3.8, 4) is 6.07 Å². The number of benzene rings is 1. The van der Waals surface area contributed by atoms with E-state index in [0.717, 1.165) is 5.56 Å². The van der Waals surface area contributed by atoms with E-state index in [1.165, 1.54) is 12.1 Å². The molecule has 96 valence electrons. The number of nitrogens with one attached hydrogen (secondary N) is 1. The number of aryl methyl sites for hydroxylation is 1. The summed E-state index contributed by atoms with van der Waals surface area (Å²) in [5, 5.41) is 12.4. The molecule has 1 N–H and O–H groups in total. The lowest BCUT2D eigenvalue weighted by atomic mass is 9.75. The van der Waals surface area contributed by atoms with E-state index in [1.54, 1.807) is 0 Å². The van der Waals surface area contributed by atoms with E-state index in [9.17, 15) is 9.65 Å². The molecule has 1 aromatic carbocycles. The van der Waals surface area contributed by atoms with Crippen molar-refractivity contribution < 1.29 is 9.13 Å². The highest BCUT2D eigenvalue weighted by Crippen LogP contribution is 2.37. The molecule has 2 rings (SSSR count). The van der Waals surface area contributed by atoms with Crippen LogP contribution in [0.5, 0.6) is 0 Å². The lowest BCUT2D eigenvalue weighted by Crippen LogP contribution is -2.53. The Morgan fingerprint density at radius 3 is 2.78 bits per heavy atom. The smallest absolute Gasteiger partial charge is 0.130 e. The van der Waals surface area contributed by atoms with Crippen molar-refractivity contribution in [2.45, 2.75) is 38.3 Å². The SMILES string of the molecule is CCOC1CC(C#N)(Nc2cc(C)cc(F)c2)C1. The minimum atomic E-state index is -0.611. The second kappa shape index (κ2) is 4.95. The van der Waals surface area contributed by atoms with Crippen LogP contribution in [0.4, 0.5) is 10.1 Å². The lowest BCUT2D eigenvalue weighted by Gasteiger charge is -2.43. The Hall–Kier alpha value is -1.60. The van der Waals surface area contributed by atoms with Crippen LogP contribution in [-0.4, -0.2) is 18.2 Å². The second-order valence-corrected chi connectivity index (χ2v) is 4.82. The van der Waals surface area contributed by atoms with E-state index in [2.05, 4.69) is 11.4 Å². The molecular formula is C14H17FN2O. The van der Waals surface area contributed by atoms with Crippen LogP contribution in [0.25, 0.3) is 0 Å². The van der Waals surface area contributed by atoms with Crippen molar-refractivity contribution in [2.75, 3.05) is 11.9 Å². The zero-order valence-electron chi connectivity index (χ0n) is 10.7. The highest BCUT2D eigenvalue weighted by Gasteiger charge is 2.45. The summed E-state index contributed by atoms with van der Waals surface area (Å²) in [4.78, 5) is 0. The molecule has 0 aromatic heterocycles. The van der Waals surface area contributed by atoms with Gasteiger partial charge >= 0.3 is 0 Å². The van der Waals surface area contributed by atoms with Gasteiger partial charge in [0.25, 0.3) is 0 Å². The third-order valence-corrected chi connectivity index (χ3v) is 3.19. The van der Waals surface area contributed by atoms with Crippen molar-refractivity contribution in [2.24, 2.45) is 0 Å². The summed E-state index contributed by atoms with van der Waals surface area (Å²) in [6, 6.07) is 7.00. The first kappa shape index (κ1) is 12.8. The quantitative estimate of drug-likeness (QED) is 0.890. The molecule has 0 unspecified atom stereocenters. The zero-order valence-corrected chi connectivity index (χ0v) is 10.7. The molecule has 1 aliphatic rings. The maximum absolute atomic E-state index is 13.3. The molecule has 1 aromatic rings. The standard InChI is InChI=1S/C14H17FN2O/c1-3-18-13-7-14(8-13,9-16)17-12-5-10(2)4-11(15)6-12/h4-6,13,17H,3,7-8H2,1-2H3. The summed E-state index contributed by atoms with van der Waals surface area (Å²) in [5.74, 6) is -0.286. The normalized spacial score (nSPS) is 26.2. The van der Waals surface area contributed by atoms with E-state index in [0.29, 0.717) is 25.1 Å². The Morgan fingerprint density at radius 2 is 2.22 bits per heavy atom. The Morgan fingerprint density at radius 1 is 1.50 bits per heavy atom. The molecule has 3 nitrogen and oxygen atoms in total. The first-order valence-electron chi connectivity index (χ1n) is 6.15. The van der Waals surface area contributed by atoms with Gasteiger partial charge in [-0.05, 0) is 37.6 Å². The number of nitrogens with zero attached hydrogens (tertiary/aromatic N) is 1. The topological polar surface area (TPSA) is 45.0 Å². The molecule has 0 bridgehead atoms. The number of hydrogen-bond donors (Lipinski definition) is 1. The van der Waals surface area contributed by atoms with Crippen molar-refractivity contribution >= 4 is 5.69 Å². The van der Waals surface area contributed by atoms with Gasteiger partial charge in [0.05, 0.1) is 12.2 Å². The third-order valence-electron chi connectivity index (χ3n) is 3.19. The average Bonchev–Trinajstić information content (AvgIpc) is 2.24. The molecule has 0 aliphatic heterocycles. The van der Waals surface area contributed by atoms with Crippen molar-refractivity contribution in [1.82, 2.24) is 0 Å². The minimum absolute atomic E-state index is 0.136. The van der Waals surface area contributed by atoms with Crippen molar-refractivity contribution in [3.05, 3.63) is 29.6 Å². The monoisotopic (exact) mass is 248 g/mol. The van der Waals surface area contributed by atoms with Crippen molar-refractivity contribution in [1.29, 1.82) is 5.26 Å². The number of halogens is 1. The summed E-state index contributed by atoms with van der Waals surface area (Å²) in [5.41, 5.74) is 0.885. The van der Waals surface area contributed by atoms with E-state index in [-0.39, 0.29) is 11.9 Å². The van der Waals surface area contributed by atoms with Gasteiger partial charge in [-0.15, -0.1) is 0 Å². The molecule has 4 heteroatoms. The molecule has 0 saturated heterocycles. The van der Waals surface area contributed by atoms with Gasteiger partial charge in [0, 0.05) is 25.1 Å². The fourth-order valence-electron chi connectivity index (χ4n) is 2.38.